The van der Waals surface area contributed by atoms with E-state index in [0.29, 0.717) is 23.6 Å². The van der Waals surface area contributed by atoms with E-state index in [1.165, 1.54) is 6.33 Å². The Morgan fingerprint density at radius 2 is 2.33 bits per heavy atom. The van der Waals surface area contributed by atoms with Gasteiger partial charge in [-0.2, -0.15) is 0 Å². The van der Waals surface area contributed by atoms with E-state index in [4.69, 9.17) is 19.9 Å². The van der Waals surface area contributed by atoms with Crippen LogP contribution in [0.1, 0.15) is 19.6 Å². The van der Waals surface area contributed by atoms with Gasteiger partial charge in [0.1, 0.15) is 29.7 Å². The first-order valence-electron chi connectivity index (χ1n) is 6.95. The number of nitrogen functional groups attached to an aromatic ring is 1. The zero-order chi connectivity index (χ0) is 14.6. The van der Waals surface area contributed by atoms with Crippen molar-refractivity contribution in [1.82, 2.24) is 19.5 Å². The van der Waals surface area contributed by atoms with Crippen molar-refractivity contribution >= 4 is 17.0 Å². The van der Waals surface area contributed by atoms with Crippen molar-refractivity contribution in [2.75, 3.05) is 19.5 Å². The summed E-state index contributed by atoms with van der Waals surface area (Å²) in [6.07, 6.45) is 3.33. The highest BCUT2D eigenvalue weighted by Gasteiger charge is 2.61. The van der Waals surface area contributed by atoms with Crippen molar-refractivity contribution < 1.29 is 14.2 Å². The Morgan fingerprint density at radius 3 is 3.05 bits per heavy atom. The molecule has 2 bridgehead atoms. The van der Waals surface area contributed by atoms with Crippen LogP contribution in [0.2, 0.25) is 0 Å². The predicted molar refractivity (Wildman–Crippen MR) is 73.4 cm³/mol. The molecule has 4 heterocycles. The molecule has 0 saturated carbocycles. The van der Waals surface area contributed by atoms with Crippen LogP contribution in [0.25, 0.3) is 11.2 Å². The van der Waals surface area contributed by atoms with Gasteiger partial charge in [-0.15, -0.1) is 0 Å². The molecule has 0 radical (unpaired) electrons. The van der Waals surface area contributed by atoms with E-state index in [2.05, 4.69) is 21.9 Å². The molecule has 4 atom stereocenters. The summed E-state index contributed by atoms with van der Waals surface area (Å²) in [4.78, 5) is 12.5. The van der Waals surface area contributed by atoms with Crippen molar-refractivity contribution in [1.29, 1.82) is 0 Å². The summed E-state index contributed by atoms with van der Waals surface area (Å²) in [6.45, 7) is 2.62. The number of nitrogens with two attached hydrogens (primary N) is 1. The van der Waals surface area contributed by atoms with Crippen molar-refractivity contribution in [2.45, 2.75) is 37.4 Å². The van der Waals surface area contributed by atoms with Gasteiger partial charge in [-0.05, 0) is 6.42 Å². The first-order chi connectivity index (χ1) is 10.2. The minimum atomic E-state index is -0.404. The second kappa shape index (κ2) is 4.36. The second-order valence-electron chi connectivity index (χ2n) is 5.44. The van der Waals surface area contributed by atoms with Crippen molar-refractivity contribution in [2.24, 2.45) is 0 Å². The van der Waals surface area contributed by atoms with Crippen LogP contribution in [0.3, 0.4) is 0 Å². The molecule has 2 aliphatic rings. The van der Waals surface area contributed by atoms with E-state index in [1.807, 2.05) is 4.57 Å². The molecule has 0 amide bonds. The van der Waals surface area contributed by atoms with Crippen LogP contribution in [-0.4, -0.2) is 51.0 Å². The second-order valence-corrected chi connectivity index (χ2v) is 5.44. The van der Waals surface area contributed by atoms with Crippen molar-refractivity contribution in [3.05, 3.63) is 12.7 Å². The maximum Gasteiger partial charge on any atom is 0.167 e. The molecule has 2 aromatic rings. The zero-order valence-electron chi connectivity index (χ0n) is 11.9. The smallest absolute Gasteiger partial charge is 0.167 e. The fourth-order valence-corrected chi connectivity index (χ4v) is 3.35. The number of ether oxygens (including phenoxy) is 3. The highest BCUT2D eigenvalue weighted by atomic mass is 16.7. The SMILES string of the molecule is CC[C@@]12CO[C@@H]([C@H](n3cnc4c(N)ncnc43)O1)[C@@H]2OC. The summed E-state index contributed by atoms with van der Waals surface area (Å²) < 4.78 is 19.6. The number of fused-ring (bicyclic) bond motifs is 3. The maximum atomic E-state index is 6.26. The maximum absolute atomic E-state index is 6.26. The van der Waals surface area contributed by atoms with E-state index in [9.17, 15) is 0 Å². The van der Waals surface area contributed by atoms with E-state index in [0.717, 1.165) is 6.42 Å². The molecule has 0 aliphatic carbocycles. The Morgan fingerprint density at radius 1 is 1.48 bits per heavy atom. The molecule has 2 N–H and O–H groups in total. The Balaban J connectivity index is 1.79. The number of anilines is 1. The average molecular weight is 291 g/mol. The fourth-order valence-electron chi connectivity index (χ4n) is 3.35. The van der Waals surface area contributed by atoms with E-state index in [1.54, 1.807) is 13.4 Å². The quantitative estimate of drug-likeness (QED) is 0.879. The third-order valence-corrected chi connectivity index (χ3v) is 4.49. The van der Waals surface area contributed by atoms with Crippen LogP contribution in [0.15, 0.2) is 12.7 Å². The minimum absolute atomic E-state index is 0.0934. The molecule has 8 heteroatoms. The molecular formula is C13H17N5O3. The lowest BCUT2D eigenvalue weighted by Crippen LogP contribution is -2.40. The molecule has 0 aromatic carbocycles. The van der Waals surface area contributed by atoms with E-state index >= 15 is 0 Å². The molecule has 0 unspecified atom stereocenters. The molecule has 112 valence electrons. The number of imidazole rings is 1. The van der Waals surface area contributed by atoms with Gasteiger partial charge in [-0.25, -0.2) is 15.0 Å². The number of rotatable bonds is 3. The number of hydrogen-bond acceptors (Lipinski definition) is 7. The minimum Gasteiger partial charge on any atom is -0.382 e. The van der Waals surface area contributed by atoms with Crippen molar-refractivity contribution in [3.63, 3.8) is 0 Å². The van der Waals surface area contributed by atoms with Gasteiger partial charge in [-0.1, -0.05) is 6.92 Å². The summed E-state index contributed by atoms with van der Waals surface area (Å²) in [5, 5.41) is 0. The van der Waals surface area contributed by atoms with Crippen molar-refractivity contribution in [3.8, 4) is 0 Å². The summed E-state index contributed by atoms with van der Waals surface area (Å²) in [5.41, 5.74) is 6.64. The molecule has 2 saturated heterocycles. The van der Waals surface area contributed by atoms with Gasteiger partial charge in [0.15, 0.2) is 17.7 Å². The lowest BCUT2D eigenvalue weighted by Gasteiger charge is -2.30. The molecule has 2 fully saturated rings. The van der Waals surface area contributed by atoms with Crippen LogP contribution in [0, 0.1) is 0 Å². The first-order valence-corrected chi connectivity index (χ1v) is 6.95. The monoisotopic (exact) mass is 291 g/mol. The molecule has 21 heavy (non-hydrogen) atoms. The summed E-state index contributed by atoms with van der Waals surface area (Å²) in [6, 6.07) is 0. The van der Waals surface area contributed by atoms with Gasteiger partial charge >= 0.3 is 0 Å². The van der Waals surface area contributed by atoms with Gasteiger partial charge in [-0.3, -0.25) is 4.57 Å². The van der Waals surface area contributed by atoms with Crippen LogP contribution < -0.4 is 5.73 Å². The molecule has 2 aromatic heterocycles. The number of methoxy groups -OCH3 is 1. The van der Waals surface area contributed by atoms with Gasteiger partial charge in [0, 0.05) is 7.11 Å². The molecule has 8 nitrogen and oxygen atoms in total. The lowest BCUT2D eigenvalue weighted by atomic mass is 9.96. The topological polar surface area (TPSA) is 97.3 Å². The highest BCUT2D eigenvalue weighted by molar-refractivity contribution is 5.81. The molecule has 0 spiro atoms. The summed E-state index contributed by atoms with van der Waals surface area (Å²) >= 11 is 0. The summed E-state index contributed by atoms with van der Waals surface area (Å²) in [7, 11) is 1.69. The Bertz CT molecular complexity index is 689. The third-order valence-electron chi connectivity index (χ3n) is 4.49. The Kier molecular flexibility index (Phi) is 2.69. The molecule has 2 aliphatic heterocycles. The van der Waals surface area contributed by atoms with Gasteiger partial charge < -0.3 is 19.9 Å². The standard InChI is InChI=1S/C13H17N5O3/c1-3-13-4-20-8(9(13)19-2)12(21-13)18-6-17-7-10(14)15-5-16-11(7)18/h5-6,8-9,12H,3-4H2,1-2H3,(H2,14,15,16)/t8-,9+,12-,13+/m1/s1. The Labute approximate surface area is 121 Å². The van der Waals surface area contributed by atoms with Gasteiger partial charge in [0.2, 0.25) is 0 Å². The molecule has 4 rings (SSSR count). The highest BCUT2D eigenvalue weighted by Crippen LogP contribution is 2.48. The van der Waals surface area contributed by atoms with Crippen LogP contribution in [-0.2, 0) is 14.2 Å². The van der Waals surface area contributed by atoms with E-state index < -0.39 is 5.60 Å². The number of nitrogens with zero attached hydrogens (tertiary/aromatic N) is 4. The van der Waals surface area contributed by atoms with Crippen LogP contribution >= 0.6 is 0 Å². The lowest BCUT2D eigenvalue weighted by molar-refractivity contribution is -0.173. The Hall–Kier alpha value is -1.77. The average Bonchev–Trinajstić information content (AvgIpc) is 3.16. The summed E-state index contributed by atoms with van der Waals surface area (Å²) in [5.74, 6) is 0.358. The fraction of sp³-hybridized carbons (Fsp3) is 0.615. The molecular weight excluding hydrogens is 274 g/mol. The normalized spacial score (nSPS) is 34.9. The first kappa shape index (κ1) is 12.9. The zero-order valence-corrected chi connectivity index (χ0v) is 11.9. The van der Waals surface area contributed by atoms with Gasteiger partial charge in [0.25, 0.3) is 0 Å². The number of hydrogen-bond donors (Lipinski definition) is 1. The van der Waals surface area contributed by atoms with E-state index in [-0.39, 0.29) is 18.4 Å². The predicted octanol–water partition coefficient (Wildman–Crippen LogP) is 0.500. The van der Waals surface area contributed by atoms with Crippen LogP contribution in [0.5, 0.6) is 0 Å². The largest absolute Gasteiger partial charge is 0.382 e. The number of aromatic nitrogens is 4. The van der Waals surface area contributed by atoms with Gasteiger partial charge in [0.05, 0.1) is 12.9 Å². The van der Waals surface area contributed by atoms with Crippen LogP contribution in [0.4, 0.5) is 5.82 Å². The third kappa shape index (κ3) is 1.57.